The molecule has 3 N–H and O–H groups in total. The van der Waals surface area contributed by atoms with Crippen LogP contribution >= 0.6 is 0 Å². The molecule has 1 atom stereocenters. The van der Waals surface area contributed by atoms with Crippen LogP contribution in [0.3, 0.4) is 0 Å². The van der Waals surface area contributed by atoms with Crippen molar-refractivity contribution >= 4 is 5.69 Å². The van der Waals surface area contributed by atoms with E-state index in [1.54, 1.807) is 0 Å². The Labute approximate surface area is 79.1 Å². The van der Waals surface area contributed by atoms with Crippen LogP contribution in [-0.4, -0.2) is 6.54 Å². The Kier molecular flexibility index (Phi) is 2.00. The van der Waals surface area contributed by atoms with E-state index in [4.69, 9.17) is 5.73 Å². The molecule has 1 heterocycles. The fraction of sp³-hybridized carbons (Fsp3) is 0.455. The SMILES string of the molecule is CC(C)c1ccc2c(c1)C(N)CN2. The summed E-state index contributed by atoms with van der Waals surface area (Å²) in [6.45, 7) is 5.28. The maximum absolute atomic E-state index is 5.95. The normalized spacial score (nSPS) is 20.2. The molecule has 0 spiro atoms. The van der Waals surface area contributed by atoms with Crippen LogP contribution in [0, 0.1) is 0 Å². The van der Waals surface area contributed by atoms with Gasteiger partial charge in [-0.15, -0.1) is 0 Å². The number of nitrogens with one attached hydrogen (secondary N) is 1. The molecule has 1 aromatic carbocycles. The van der Waals surface area contributed by atoms with E-state index in [1.165, 1.54) is 16.8 Å². The first-order chi connectivity index (χ1) is 6.18. The van der Waals surface area contributed by atoms with Crippen LogP contribution in [0.2, 0.25) is 0 Å². The minimum Gasteiger partial charge on any atom is -0.383 e. The molecule has 0 aromatic heterocycles. The Hall–Kier alpha value is -1.02. The van der Waals surface area contributed by atoms with Gasteiger partial charge in [-0.2, -0.15) is 0 Å². The zero-order valence-corrected chi connectivity index (χ0v) is 8.17. The quantitative estimate of drug-likeness (QED) is 0.688. The Bertz CT molecular complexity index is 318. The number of hydrogen-bond acceptors (Lipinski definition) is 2. The van der Waals surface area contributed by atoms with Gasteiger partial charge < -0.3 is 11.1 Å². The van der Waals surface area contributed by atoms with Crippen LogP contribution in [0.5, 0.6) is 0 Å². The van der Waals surface area contributed by atoms with Crippen molar-refractivity contribution in [3.63, 3.8) is 0 Å². The summed E-state index contributed by atoms with van der Waals surface area (Å²) in [5, 5.41) is 3.29. The minimum absolute atomic E-state index is 0.175. The molecule has 0 saturated heterocycles. The molecule has 2 nitrogen and oxygen atoms in total. The van der Waals surface area contributed by atoms with Gasteiger partial charge in [-0.25, -0.2) is 0 Å². The van der Waals surface area contributed by atoms with Gasteiger partial charge in [0.1, 0.15) is 0 Å². The second-order valence-electron chi connectivity index (χ2n) is 3.99. The van der Waals surface area contributed by atoms with E-state index < -0.39 is 0 Å². The Balaban J connectivity index is 2.42. The molecular formula is C11H16N2. The standard InChI is InChI=1S/C11H16N2/c1-7(2)8-3-4-11-9(5-8)10(12)6-13-11/h3-5,7,10,13H,6,12H2,1-2H3. The average molecular weight is 176 g/mol. The van der Waals surface area contributed by atoms with Gasteiger partial charge in [-0.3, -0.25) is 0 Å². The van der Waals surface area contributed by atoms with Crippen LogP contribution in [0.1, 0.15) is 36.9 Å². The molecule has 0 radical (unpaired) electrons. The van der Waals surface area contributed by atoms with Crippen molar-refractivity contribution in [2.75, 3.05) is 11.9 Å². The number of fused-ring (bicyclic) bond motifs is 1. The molecule has 1 aliphatic heterocycles. The van der Waals surface area contributed by atoms with E-state index >= 15 is 0 Å². The average Bonchev–Trinajstić information content (AvgIpc) is 2.47. The lowest BCUT2D eigenvalue weighted by molar-refractivity contribution is 0.799. The first kappa shape index (κ1) is 8.57. The van der Waals surface area contributed by atoms with Crippen LogP contribution in [0.15, 0.2) is 18.2 Å². The van der Waals surface area contributed by atoms with Crippen molar-refractivity contribution in [3.8, 4) is 0 Å². The lowest BCUT2D eigenvalue weighted by Gasteiger charge is -2.09. The monoisotopic (exact) mass is 176 g/mol. The van der Waals surface area contributed by atoms with E-state index in [2.05, 4.69) is 37.4 Å². The molecule has 2 heteroatoms. The smallest absolute Gasteiger partial charge is 0.0491 e. The number of benzene rings is 1. The summed E-state index contributed by atoms with van der Waals surface area (Å²) in [6, 6.07) is 6.71. The van der Waals surface area contributed by atoms with Crippen molar-refractivity contribution in [2.24, 2.45) is 5.73 Å². The van der Waals surface area contributed by atoms with Crippen molar-refractivity contribution in [1.29, 1.82) is 0 Å². The summed E-state index contributed by atoms with van der Waals surface area (Å²) in [5.41, 5.74) is 9.80. The first-order valence-corrected chi connectivity index (χ1v) is 4.82. The minimum atomic E-state index is 0.175. The van der Waals surface area contributed by atoms with Crippen LogP contribution in [0.25, 0.3) is 0 Å². The van der Waals surface area contributed by atoms with Crippen LogP contribution in [0.4, 0.5) is 5.69 Å². The second-order valence-corrected chi connectivity index (χ2v) is 3.99. The summed E-state index contributed by atoms with van der Waals surface area (Å²) in [6.07, 6.45) is 0. The van der Waals surface area contributed by atoms with Gasteiger partial charge in [-0.05, 0) is 23.1 Å². The van der Waals surface area contributed by atoms with Crippen LogP contribution in [-0.2, 0) is 0 Å². The Morgan fingerprint density at radius 1 is 1.46 bits per heavy atom. The maximum atomic E-state index is 5.95. The molecule has 13 heavy (non-hydrogen) atoms. The van der Waals surface area contributed by atoms with E-state index in [0.717, 1.165) is 6.54 Å². The molecule has 70 valence electrons. The Morgan fingerprint density at radius 3 is 2.92 bits per heavy atom. The number of nitrogens with two attached hydrogens (primary N) is 1. The highest BCUT2D eigenvalue weighted by molar-refractivity contribution is 5.58. The van der Waals surface area contributed by atoms with Gasteiger partial charge in [-0.1, -0.05) is 26.0 Å². The predicted molar refractivity (Wildman–Crippen MR) is 55.9 cm³/mol. The third kappa shape index (κ3) is 1.42. The zero-order chi connectivity index (χ0) is 9.42. The highest BCUT2D eigenvalue weighted by Crippen LogP contribution is 2.30. The summed E-state index contributed by atoms with van der Waals surface area (Å²) >= 11 is 0. The molecule has 0 bridgehead atoms. The second kappa shape index (κ2) is 3.04. The maximum Gasteiger partial charge on any atom is 0.0491 e. The number of rotatable bonds is 1. The molecule has 1 aromatic rings. The van der Waals surface area contributed by atoms with Crippen molar-refractivity contribution in [3.05, 3.63) is 29.3 Å². The fourth-order valence-corrected chi connectivity index (χ4v) is 1.74. The molecule has 0 aliphatic carbocycles. The summed E-state index contributed by atoms with van der Waals surface area (Å²) in [7, 11) is 0. The number of anilines is 1. The van der Waals surface area contributed by atoms with Gasteiger partial charge >= 0.3 is 0 Å². The lowest BCUT2D eigenvalue weighted by Crippen LogP contribution is -2.11. The van der Waals surface area contributed by atoms with Gasteiger partial charge in [0.25, 0.3) is 0 Å². The molecular weight excluding hydrogens is 160 g/mol. The van der Waals surface area contributed by atoms with Crippen LogP contribution < -0.4 is 11.1 Å². The van der Waals surface area contributed by atoms with Crippen molar-refractivity contribution in [2.45, 2.75) is 25.8 Å². The zero-order valence-electron chi connectivity index (χ0n) is 8.17. The fourth-order valence-electron chi connectivity index (χ4n) is 1.74. The summed E-state index contributed by atoms with van der Waals surface area (Å²) in [4.78, 5) is 0. The van der Waals surface area contributed by atoms with E-state index in [1.807, 2.05) is 0 Å². The van der Waals surface area contributed by atoms with Crippen molar-refractivity contribution in [1.82, 2.24) is 0 Å². The van der Waals surface area contributed by atoms with Gasteiger partial charge in [0.05, 0.1) is 0 Å². The molecule has 0 amide bonds. The molecule has 0 saturated carbocycles. The highest BCUT2D eigenvalue weighted by Gasteiger charge is 2.18. The van der Waals surface area contributed by atoms with E-state index in [-0.39, 0.29) is 6.04 Å². The van der Waals surface area contributed by atoms with E-state index in [9.17, 15) is 0 Å². The predicted octanol–water partition coefficient (Wildman–Crippen LogP) is 2.24. The summed E-state index contributed by atoms with van der Waals surface area (Å²) in [5.74, 6) is 0.582. The highest BCUT2D eigenvalue weighted by atomic mass is 15.0. The van der Waals surface area contributed by atoms with E-state index in [0.29, 0.717) is 5.92 Å². The largest absolute Gasteiger partial charge is 0.383 e. The molecule has 1 unspecified atom stereocenters. The summed E-state index contributed by atoms with van der Waals surface area (Å²) < 4.78 is 0. The van der Waals surface area contributed by atoms with Gasteiger partial charge in [0.2, 0.25) is 0 Å². The Morgan fingerprint density at radius 2 is 2.23 bits per heavy atom. The molecule has 0 fully saturated rings. The van der Waals surface area contributed by atoms with Gasteiger partial charge in [0, 0.05) is 18.3 Å². The number of hydrogen-bond donors (Lipinski definition) is 2. The topological polar surface area (TPSA) is 38.0 Å². The third-order valence-corrected chi connectivity index (χ3v) is 2.65. The molecule has 1 aliphatic rings. The lowest BCUT2D eigenvalue weighted by atomic mass is 9.98. The third-order valence-electron chi connectivity index (χ3n) is 2.65. The van der Waals surface area contributed by atoms with Crippen molar-refractivity contribution < 1.29 is 0 Å². The molecule has 2 rings (SSSR count). The first-order valence-electron chi connectivity index (χ1n) is 4.82. The van der Waals surface area contributed by atoms with Gasteiger partial charge in [0.15, 0.2) is 0 Å².